The molecule has 0 aliphatic carbocycles. The highest BCUT2D eigenvalue weighted by atomic mass is 35.5. The number of nitrogens with zero attached hydrogens (tertiary/aromatic N) is 4. The molecular formula is C21H24ClFN4. The van der Waals surface area contributed by atoms with Crippen molar-refractivity contribution in [3.63, 3.8) is 0 Å². The minimum Gasteiger partial charge on any atom is -0.368 e. The third-order valence-corrected chi connectivity index (χ3v) is 5.00. The highest BCUT2D eigenvalue weighted by Gasteiger charge is 2.22. The summed E-state index contributed by atoms with van der Waals surface area (Å²) >= 11 is 6.03. The Morgan fingerprint density at radius 2 is 1.96 bits per heavy atom. The molecule has 1 aliphatic heterocycles. The molecule has 1 aromatic heterocycles. The normalized spacial score (nSPS) is 15.2. The lowest BCUT2D eigenvalue weighted by atomic mass is 9.99. The molecule has 0 spiro atoms. The van der Waals surface area contributed by atoms with Gasteiger partial charge in [-0.15, -0.1) is 0 Å². The summed E-state index contributed by atoms with van der Waals surface area (Å²) in [7, 11) is 0. The van der Waals surface area contributed by atoms with Crippen molar-refractivity contribution in [3.8, 4) is 6.07 Å². The Morgan fingerprint density at radius 1 is 1.22 bits per heavy atom. The Hall–Kier alpha value is -2.16. The number of aromatic nitrogens is 1. The monoisotopic (exact) mass is 386 g/mol. The lowest BCUT2D eigenvalue weighted by Gasteiger charge is -2.36. The topological polar surface area (TPSA) is 43.2 Å². The SMILES string of the molecule is CC(C)Cc1cc(F)c(C#N)c(N2CCN(Cc3cc(Cl)ccn3)CC2)c1. The van der Waals surface area contributed by atoms with E-state index >= 15 is 0 Å². The first-order valence-electron chi connectivity index (χ1n) is 9.26. The summed E-state index contributed by atoms with van der Waals surface area (Å²) in [5, 5.41) is 10.1. The number of anilines is 1. The van der Waals surface area contributed by atoms with E-state index in [2.05, 4.69) is 28.6 Å². The van der Waals surface area contributed by atoms with Crippen LogP contribution in [0.5, 0.6) is 0 Å². The van der Waals surface area contributed by atoms with E-state index in [0.29, 0.717) is 16.6 Å². The van der Waals surface area contributed by atoms with Crippen molar-refractivity contribution in [2.24, 2.45) is 5.92 Å². The molecule has 3 rings (SSSR count). The first kappa shape index (κ1) is 19.6. The third kappa shape index (κ3) is 4.97. The van der Waals surface area contributed by atoms with Crippen molar-refractivity contribution in [1.82, 2.24) is 9.88 Å². The van der Waals surface area contributed by atoms with Crippen LogP contribution in [0.4, 0.5) is 10.1 Å². The zero-order chi connectivity index (χ0) is 19.4. The first-order valence-corrected chi connectivity index (χ1v) is 9.64. The molecule has 0 N–H and O–H groups in total. The van der Waals surface area contributed by atoms with E-state index in [4.69, 9.17) is 11.6 Å². The lowest BCUT2D eigenvalue weighted by Crippen LogP contribution is -2.46. The van der Waals surface area contributed by atoms with E-state index in [1.165, 1.54) is 6.07 Å². The molecular weight excluding hydrogens is 363 g/mol. The number of hydrogen-bond donors (Lipinski definition) is 0. The Labute approximate surface area is 165 Å². The standard InChI is InChI=1S/C21H24ClFN4/c1-15(2)9-16-10-20(23)19(13-24)21(11-16)27-7-5-26(6-8-27)14-18-12-17(22)3-4-25-18/h3-4,10-12,15H,5-9,14H2,1-2H3. The van der Waals surface area contributed by atoms with Gasteiger partial charge in [0, 0.05) is 43.9 Å². The molecule has 0 unspecified atom stereocenters. The van der Waals surface area contributed by atoms with Gasteiger partial charge in [0.2, 0.25) is 0 Å². The molecule has 0 atom stereocenters. The van der Waals surface area contributed by atoms with Crippen molar-refractivity contribution in [2.75, 3.05) is 31.1 Å². The lowest BCUT2D eigenvalue weighted by molar-refractivity contribution is 0.247. The number of halogens is 2. The van der Waals surface area contributed by atoms with Crippen LogP contribution in [0.2, 0.25) is 5.02 Å². The van der Waals surface area contributed by atoms with Crippen molar-refractivity contribution >= 4 is 17.3 Å². The number of nitriles is 1. The van der Waals surface area contributed by atoms with Gasteiger partial charge in [-0.1, -0.05) is 25.4 Å². The highest BCUT2D eigenvalue weighted by Crippen LogP contribution is 2.27. The molecule has 0 amide bonds. The zero-order valence-corrected chi connectivity index (χ0v) is 16.5. The van der Waals surface area contributed by atoms with Gasteiger partial charge in [0.05, 0.1) is 11.4 Å². The van der Waals surface area contributed by atoms with Crippen LogP contribution in [0, 0.1) is 23.1 Å². The van der Waals surface area contributed by atoms with Gasteiger partial charge in [0.15, 0.2) is 0 Å². The molecule has 2 aromatic rings. The highest BCUT2D eigenvalue weighted by molar-refractivity contribution is 6.30. The van der Waals surface area contributed by atoms with Crippen LogP contribution in [0.25, 0.3) is 0 Å². The fraction of sp³-hybridized carbons (Fsp3) is 0.429. The number of rotatable bonds is 5. The molecule has 1 aromatic carbocycles. The van der Waals surface area contributed by atoms with Gasteiger partial charge in [-0.25, -0.2) is 4.39 Å². The molecule has 0 bridgehead atoms. The van der Waals surface area contributed by atoms with Crippen molar-refractivity contribution in [1.29, 1.82) is 5.26 Å². The maximum Gasteiger partial charge on any atom is 0.143 e. The van der Waals surface area contributed by atoms with Gasteiger partial charge in [-0.05, 0) is 42.2 Å². The van der Waals surface area contributed by atoms with Crippen LogP contribution in [0.15, 0.2) is 30.5 Å². The molecule has 1 fully saturated rings. The van der Waals surface area contributed by atoms with Crippen LogP contribution >= 0.6 is 11.6 Å². The second kappa shape index (κ2) is 8.69. The number of hydrogen-bond acceptors (Lipinski definition) is 4. The van der Waals surface area contributed by atoms with Crippen LogP contribution < -0.4 is 4.90 Å². The molecule has 0 radical (unpaired) electrons. The van der Waals surface area contributed by atoms with Gasteiger partial charge in [-0.3, -0.25) is 9.88 Å². The van der Waals surface area contributed by atoms with Gasteiger partial charge >= 0.3 is 0 Å². The maximum absolute atomic E-state index is 14.4. The Balaban J connectivity index is 1.71. The van der Waals surface area contributed by atoms with Gasteiger partial charge in [0.1, 0.15) is 17.4 Å². The molecule has 4 nitrogen and oxygen atoms in total. The Morgan fingerprint density at radius 3 is 2.59 bits per heavy atom. The molecule has 27 heavy (non-hydrogen) atoms. The summed E-state index contributed by atoms with van der Waals surface area (Å²) in [5.41, 5.74) is 2.75. The van der Waals surface area contributed by atoms with E-state index in [1.807, 2.05) is 18.2 Å². The summed E-state index contributed by atoms with van der Waals surface area (Å²) in [5.74, 6) is 0.0171. The summed E-state index contributed by atoms with van der Waals surface area (Å²) in [6.45, 7) is 8.11. The van der Waals surface area contributed by atoms with Crippen LogP contribution in [0.3, 0.4) is 0 Å². The Kier molecular flexibility index (Phi) is 6.30. The average Bonchev–Trinajstić information content (AvgIpc) is 2.61. The van der Waals surface area contributed by atoms with Gasteiger partial charge in [0.25, 0.3) is 0 Å². The van der Waals surface area contributed by atoms with Crippen molar-refractivity contribution in [3.05, 3.63) is 58.1 Å². The fourth-order valence-corrected chi connectivity index (χ4v) is 3.69. The van der Waals surface area contributed by atoms with Gasteiger partial charge in [-0.2, -0.15) is 5.26 Å². The third-order valence-electron chi connectivity index (χ3n) is 4.76. The predicted octanol–water partition coefficient (Wildman–Crippen LogP) is 4.27. The number of pyridine rings is 1. The minimum atomic E-state index is -0.420. The summed E-state index contributed by atoms with van der Waals surface area (Å²) in [6, 6.07) is 9.18. The minimum absolute atomic E-state index is 0.146. The zero-order valence-electron chi connectivity index (χ0n) is 15.8. The Bertz CT molecular complexity index is 839. The smallest absolute Gasteiger partial charge is 0.143 e. The van der Waals surface area contributed by atoms with Gasteiger partial charge < -0.3 is 4.90 Å². The largest absolute Gasteiger partial charge is 0.368 e. The van der Waals surface area contributed by atoms with E-state index < -0.39 is 5.82 Å². The quantitative estimate of drug-likeness (QED) is 0.769. The molecule has 1 saturated heterocycles. The average molecular weight is 387 g/mol. The number of benzene rings is 1. The molecule has 142 valence electrons. The number of piperazine rings is 1. The predicted molar refractivity (Wildman–Crippen MR) is 106 cm³/mol. The summed E-state index contributed by atoms with van der Waals surface area (Å²) in [4.78, 5) is 8.78. The van der Waals surface area contributed by atoms with Crippen molar-refractivity contribution < 1.29 is 4.39 Å². The van der Waals surface area contributed by atoms with Crippen LogP contribution in [-0.2, 0) is 13.0 Å². The maximum atomic E-state index is 14.4. The second-order valence-corrected chi connectivity index (χ2v) is 7.85. The fourth-order valence-electron chi connectivity index (χ4n) is 3.51. The van der Waals surface area contributed by atoms with Crippen molar-refractivity contribution in [2.45, 2.75) is 26.8 Å². The molecule has 1 aliphatic rings. The van der Waals surface area contributed by atoms with Crippen LogP contribution in [-0.4, -0.2) is 36.1 Å². The van der Waals surface area contributed by atoms with E-state index in [9.17, 15) is 9.65 Å². The molecule has 0 saturated carbocycles. The van der Waals surface area contributed by atoms with E-state index in [0.717, 1.165) is 50.4 Å². The summed E-state index contributed by atoms with van der Waals surface area (Å²) in [6.07, 6.45) is 2.52. The van der Waals surface area contributed by atoms with E-state index in [1.54, 1.807) is 12.3 Å². The second-order valence-electron chi connectivity index (χ2n) is 7.41. The van der Waals surface area contributed by atoms with E-state index in [-0.39, 0.29) is 5.56 Å². The molecule has 6 heteroatoms. The molecule has 2 heterocycles. The van der Waals surface area contributed by atoms with Crippen LogP contribution in [0.1, 0.15) is 30.7 Å². The first-order chi connectivity index (χ1) is 13.0. The summed E-state index contributed by atoms with van der Waals surface area (Å²) < 4.78 is 14.4.